The van der Waals surface area contributed by atoms with E-state index in [4.69, 9.17) is 4.74 Å². The van der Waals surface area contributed by atoms with Crippen molar-refractivity contribution in [2.75, 3.05) is 6.61 Å². The molecule has 0 radical (unpaired) electrons. The quantitative estimate of drug-likeness (QED) is 0.691. The molecule has 0 fully saturated rings. The molecule has 0 bridgehead atoms. The van der Waals surface area contributed by atoms with Crippen molar-refractivity contribution in [1.82, 2.24) is 14.6 Å². The summed E-state index contributed by atoms with van der Waals surface area (Å²) in [6, 6.07) is 3.40. The normalized spacial score (nSPS) is 10.5. The van der Waals surface area contributed by atoms with Gasteiger partial charge in [-0.05, 0) is 19.9 Å². The second-order valence-electron chi connectivity index (χ2n) is 3.11. The van der Waals surface area contributed by atoms with Gasteiger partial charge in [-0.3, -0.25) is 0 Å². The molecule has 0 aliphatic rings. The first kappa shape index (κ1) is 9.64. The summed E-state index contributed by atoms with van der Waals surface area (Å²) >= 11 is 0. The smallest absolute Gasteiger partial charge is 0.357 e. The molecular weight excluding hydrogens is 194 g/mol. The number of nitrogens with zero attached hydrogens (tertiary/aromatic N) is 3. The fourth-order valence-electron chi connectivity index (χ4n) is 1.37. The van der Waals surface area contributed by atoms with Crippen molar-refractivity contribution in [3.63, 3.8) is 0 Å². The standard InChI is InChI=1S/C10H11N3O2/c1-3-15-10(14)8-4-5-11-9-6-7(2)12-13(8)9/h4-6H,3H2,1-2H3. The van der Waals surface area contributed by atoms with Gasteiger partial charge >= 0.3 is 5.97 Å². The monoisotopic (exact) mass is 205 g/mol. The third-order valence-corrected chi connectivity index (χ3v) is 1.96. The van der Waals surface area contributed by atoms with E-state index in [9.17, 15) is 4.79 Å². The predicted octanol–water partition coefficient (Wildman–Crippen LogP) is 1.21. The zero-order chi connectivity index (χ0) is 10.8. The van der Waals surface area contributed by atoms with Gasteiger partial charge in [0.25, 0.3) is 0 Å². The van der Waals surface area contributed by atoms with Gasteiger partial charge in [0.1, 0.15) is 0 Å². The van der Waals surface area contributed by atoms with Gasteiger partial charge in [-0.2, -0.15) is 5.10 Å². The van der Waals surface area contributed by atoms with Crippen LogP contribution in [0.5, 0.6) is 0 Å². The summed E-state index contributed by atoms with van der Waals surface area (Å²) in [5.74, 6) is -0.381. The van der Waals surface area contributed by atoms with Gasteiger partial charge in [0.2, 0.25) is 0 Å². The maximum Gasteiger partial charge on any atom is 0.357 e. The van der Waals surface area contributed by atoms with E-state index in [-0.39, 0.29) is 5.97 Å². The third kappa shape index (κ3) is 1.68. The molecule has 5 nitrogen and oxygen atoms in total. The number of ether oxygens (including phenoxy) is 1. The molecule has 2 rings (SSSR count). The summed E-state index contributed by atoms with van der Waals surface area (Å²) in [6.45, 7) is 3.97. The van der Waals surface area contributed by atoms with E-state index in [2.05, 4.69) is 10.1 Å². The van der Waals surface area contributed by atoms with Gasteiger partial charge in [-0.25, -0.2) is 14.3 Å². The Morgan fingerprint density at radius 3 is 3.13 bits per heavy atom. The van der Waals surface area contributed by atoms with E-state index in [0.29, 0.717) is 17.9 Å². The van der Waals surface area contributed by atoms with E-state index in [1.54, 1.807) is 19.2 Å². The lowest BCUT2D eigenvalue weighted by Crippen LogP contribution is -2.11. The first-order valence-corrected chi connectivity index (χ1v) is 4.71. The van der Waals surface area contributed by atoms with Crippen molar-refractivity contribution < 1.29 is 9.53 Å². The molecule has 0 N–H and O–H groups in total. The highest BCUT2D eigenvalue weighted by molar-refractivity contribution is 5.88. The molecule has 0 saturated heterocycles. The van der Waals surface area contributed by atoms with Crippen LogP contribution in [0.4, 0.5) is 0 Å². The number of esters is 1. The van der Waals surface area contributed by atoms with E-state index in [0.717, 1.165) is 5.69 Å². The Morgan fingerprint density at radius 2 is 2.40 bits per heavy atom. The lowest BCUT2D eigenvalue weighted by molar-refractivity contribution is 0.0516. The molecule has 0 atom stereocenters. The molecule has 0 aliphatic carbocycles. The highest BCUT2D eigenvalue weighted by Gasteiger charge is 2.12. The number of carbonyl (C=O) groups is 1. The molecule has 0 aliphatic heterocycles. The fourth-order valence-corrected chi connectivity index (χ4v) is 1.37. The van der Waals surface area contributed by atoms with Gasteiger partial charge in [-0.15, -0.1) is 0 Å². The lowest BCUT2D eigenvalue weighted by Gasteiger charge is -2.02. The van der Waals surface area contributed by atoms with Gasteiger partial charge in [0, 0.05) is 12.3 Å². The highest BCUT2D eigenvalue weighted by Crippen LogP contribution is 2.07. The van der Waals surface area contributed by atoms with E-state index in [1.807, 2.05) is 13.0 Å². The molecule has 0 saturated carbocycles. The van der Waals surface area contributed by atoms with Crippen LogP contribution < -0.4 is 0 Å². The molecule has 2 aromatic heterocycles. The maximum atomic E-state index is 11.6. The van der Waals surface area contributed by atoms with Crippen LogP contribution in [0.3, 0.4) is 0 Å². The van der Waals surface area contributed by atoms with Crippen LogP contribution >= 0.6 is 0 Å². The van der Waals surface area contributed by atoms with Gasteiger partial charge in [0.15, 0.2) is 11.3 Å². The van der Waals surface area contributed by atoms with Crippen LogP contribution in [-0.4, -0.2) is 27.2 Å². The van der Waals surface area contributed by atoms with Crippen molar-refractivity contribution in [1.29, 1.82) is 0 Å². The van der Waals surface area contributed by atoms with E-state index in [1.165, 1.54) is 4.52 Å². The summed E-state index contributed by atoms with van der Waals surface area (Å²) in [5.41, 5.74) is 1.87. The summed E-state index contributed by atoms with van der Waals surface area (Å²) in [6.07, 6.45) is 1.57. The zero-order valence-electron chi connectivity index (χ0n) is 8.60. The largest absolute Gasteiger partial charge is 0.461 e. The Bertz CT molecular complexity index is 504. The number of fused-ring (bicyclic) bond motifs is 1. The Morgan fingerprint density at radius 1 is 1.60 bits per heavy atom. The Balaban J connectivity index is 2.55. The van der Waals surface area contributed by atoms with Gasteiger partial charge in [0.05, 0.1) is 12.3 Å². The zero-order valence-corrected chi connectivity index (χ0v) is 8.60. The SMILES string of the molecule is CCOC(=O)c1ccnc2cc(C)nn12. The summed E-state index contributed by atoms with van der Waals surface area (Å²) in [5, 5.41) is 4.17. The van der Waals surface area contributed by atoms with Crippen molar-refractivity contribution in [3.05, 3.63) is 29.7 Å². The molecule has 0 aromatic carbocycles. The molecule has 0 spiro atoms. The van der Waals surface area contributed by atoms with Crippen LogP contribution in [0.15, 0.2) is 18.3 Å². The number of aromatic nitrogens is 3. The second-order valence-corrected chi connectivity index (χ2v) is 3.11. The molecule has 2 aromatic rings. The van der Waals surface area contributed by atoms with Gasteiger partial charge in [-0.1, -0.05) is 0 Å². The second kappa shape index (κ2) is 3.68. The number of hydrogen-bond acceptors (Lipinski definition) is 4. The molecule has 78 valence electrons. The number of aryl methyl sites for hydroxylation is 1. The minimum absolute atomic E-state index is 0.350. The first-order chi connectivity index (χ1) is 7.22. The Hall–Kier alpha value is -1.91. The summed E-state index contributed by atoms with van der Waals surface area (Å²) in [7, 11) is 0. The molecule has 15 heavy (non-hydrogen) atoms. The molecule has 0 unspecified atom stereocenters. The fraction of sp³-hybridized carbons (Fsp3) is 0.300. The Kier molecular flexibility index (Phi) is 2.37. The topological polar surface area (TPSA) is 56.5 Å². The van der Waals surface area contributed by atoms with Crippen LogP contribution in [0.1, 0.15) is 23.1 Å². The van der Waals surface area contributed by atoms with Crippen molar-refractivity contribution in [2.45, 2.75) is 13.8 Å². The van der Waals surface area contributed by atoms with Crippen LogP contribution in [0.2, 0.25) is 0 Å². The van der Waals surface area contributed by atoms with Crippen molar-refractivity contribution in [2.24, 2.45) is 0 Å². The number of carbonyl (C=O) groups excluding carboxylic acids is 1. The van der Waals surface area contributed by atoms with Crippen LogP contribution in [0.25, 0.3) is 5.65 Å². The number of hydrogen-bond donors (Lipinski definition) is 0. The van der Waals surface area contributed by atoms with Crippen LogP contribution in [0, 0.1) is 6.92 Å². The van der Waals surface area contributed by atoms with E-state index >= 15 is 0 Å². The van der Waals surface area contributed by atoms with E-state index < -0.39 is 0 Å². The Labute approximate surface area is 86.7 Å². The molecule has 0 amide bonds. The molecular formula is C10H11N3O2. The van der Waals surface area contributed by atoms with Crippen molar-refractivity contribution in [3.8, 4) is 0 Å². The third-order valence-electron chi connectivity index (χ3n) is 1.96. The average Bonchev–Trinajstić information content (AvgIpc) is 2.57. The predicted molar refractivity (Wildman–Crippen MR) is 53.7 cm³/mol. The first-order valence-electron chi connectivity index (χ1n) is 4.71. The summed E-state index contributed by atoms with van der Waals surface area (Å²) < 4.78 is 6.41. The van der Waals surface area contributed by atoms with Crippen LogP contribution in [-0.2, 0) is 4.74 Å². The van der Waals surface area contributed by atoms with Gasteiger partial charge < -0.3 is 4.74 Å². The lowest BCUT2D eigenvalue weighted by atomic mass is 10.4. The van der Waals surface area contributed by atoms with Crippen molar-refractivity contribution >= 4 is 11.6 Å². The number of rotatable bonds is 2. The molecule has 2 heterocycles. The summed E-state index contributed by atoms with van der Waals surface area (Å²) in [4.78, 5) is 15.7. The minimum atomic E-state index is -0.381. The minimum Gasteiger partial charge on any atom is -0.461 e. The highest BCUT2D eigenvalue weighted by atomic mass is 16.5. The molecule has 5 heteroatoms. The maximum absolute atomic E-state index is 11.6. The average molecular weight is 205 g/mol.